The van der Waals surface area contributed by atoms with E-state index < -0.39 is 0 Å². The van der Waals surface area contributed by atoms with Crippen LogP contribution in [0, 0.1) is 0 Å². The lowest BCUT2D eigenvalue weighted by atomic mass is 9.79. The molecule has 0 amide bonds. The van der Waals surface area contributed by atoms with Gasteiger partial charge in [0.25, 0.3) is 0 Å². The molecule has 0 atom stereocenters. The molecule has 5 heteroatoms. The van der Waals surface area contributed by atoms with Crippen LogP contribution in [0.3, 0.4) is 0 Å². The van der Waals surface area contributed by atoms with Crippen LogP contribution in [-0.4, -0.2) is 15.0 Å². The average molecular weight is 758 g/mol. The minimum Gasteiger partial charge on any atom is -0.456 e. The first-order valence-electron chi connectivity index (χ1n) is 20.0. The highest BCUT2D eigenvalue weighted by Crippen LogP contribution is 2.52. The van der Waals surface area contributed by atoms with E-state index in [-0.39, 0.29) is 5.41 Å². The second-order valence-electron chi connectivity index (χ2n) is 15.9. The Balaban J connectivity index is 1.07. The van der Waals surface area contributed by atoms with Crippen LogP contribution in [0.5, 0.6) is 0 Å². The predicted molar refractivity (Wildman–Crippen MR) is 239 cm³/mol. The number of hydrogen-bond acceptors (Lipinski definition) is 5. The van der Waals surface area contributed by atoms with Crippen LogP contribution >= 0.6 is 0 Å². The number of fused-ring (bicyclic) bond motifs is 9. The van der Waals surface area contributed by atoms with E-state index in [4.69, 9.17) is 23.8 Å². The van der Waals surface area contributed by atoms with E-state index in [1.165, 1.54) is 27.8 Å². The normalized spacial score (nSPS) is 13.1. The Morgan fingerprint density at radius 3 is 1.83 bits per heavy atom. The molecule has 59 heavy (non-hydrogen) atoms. The first kappa shape index (κ1) is 33.5. The Morgan fingerprint density at radius 2 is 0.949 bits per heavy atom. The Labute approximate surface area is 340 Å². The molecule has 3 aromatic heterocycles. The van der Waals surface area contributed by atoms with Gasteiger partial charge in [0.05, 0.1) is 5.56 Å². The van der Waals surface area contributed by atoms with Crippen LogP contribution in [0.2, 0.25) is 0 Å². The summed E-state index contributed by atoms with van der Waals surface area (Å²) in [4.78, 5) is 15.7. The van der Waals surface area contributed by atoms with Gasteiger partial charge >= 0.3 is 0 Å². The van der Waals surface area contributed by atoms with Crippen LogP contribution in [-0.2, 0) is 5.41 Å². The second-order valence-corrected chi connectivity index (χ2v) is 15.9. The summed E-state index contributed by atoms with van der Waals surface area (Å²) in [6.07, 6.45) is 0. The molecule has 0 bridgehead atoms. The molecular weight excluding hydrogens is 723 g/mol. The van der Waals surface area contributed by atoms with Crippen molar-refractivity contribution >= 4 is 43.9 Å². The Bertz CT molecular complexity index is 3470. The maximum absolute atomic E-state index is 6.58. The van der Waals surface area contributed by atoms with Crippen molar-refractivity contribution in [1.82, 2.24) is 15.0 Å². The minimum absolute atomic E-state index is 0.152. The van der Waals surface area contributed by atoms with E-state index in [0.29, 0.717) is 17.5 Å². The number of rotatable bonds is 5. The molecule has 0 N–H and O–H groups in total. The van der Waals surface area contributed by atoms with Crippen molar-refractivity contribution in [1.29, 1.82) is 0 Å². The summed E-state index contributed by atoms with van der Waals surface area (Å²) in [6.45, 7) is 4.67. The van der Waals surface area contributed by atoms with Gasteiger partial charge in [-0.1, -0.05) is 159 Å². The third-order valence-corrected chi connectivity index (χ3v) is 12.2. The standard InChI is InChI=1S/C54H35N3O2/c1-54(2)44-22-8-6-15-37(44)39-18-10-17-36(49(39)54)35-29-30-46-43(31-35)48-41(20-12-24-47(48)58-46)52-55-51(34-27-25-33(26-28-34)32-13-4-3-5-14-32)56-53(57-52)42-21-11-19-40-38-16-7-9-23-45(38)59-50(40)42/h3-31H,1-2H3. The van der Waals surface area contributed by atoms with Crippen LogP contribution in [0.25, 0.3) is 111 Å². The molecule has 0 aliphatic heterocycles. The molecule has 8 aromatic carbocycles. The molecule has 0 unspecified atom stereocenters. The molecule has 0 fully saturated rings. The van der Waals surface area contributed by atoms with Gasteiger partial charge in [-0.15, -0.1) is 0 Å². The zero-order valence-corrected chi connectivity index (χ0v) is 32.4. The van der Waals surface area contributed by atoms with Gasteiger partial charge in [0, 0.05) is 38.1 Å². The van der Waals surface area contributed by atoms with Gasteiger partial charge in [-0.25, -0.2) is 15.0 Å². The van der Waals surface area contributed by atoms with Crippen LogP contribution in [0.1, 0.15) is 25.0 Å². The molecule has 11 aromatic rings. The summed E-state index contributed by atoms with van der Waals surface area (Å²) in [5.41, 5.74) is 15.5. The number of furan rings is 2. The maximum atomic E-state index is 6.58. The fourth-order valence-corrected chi connectivity index (χ4v) is 9.38. The van der Waals surface area contributed by atoms with Crippen molar-refractivity contribution in [2.75, 3.05) is 0 Å². The molecule has 12 rings (SSSR count). The molecule has 0 radical (unpaired) electrons. The molecule has 1 aliphatic carbocycles. The summed E-state index contributed by atoms with van der Waals surface area (Å²) in [6, 6.07) is 61.3. The molecule has 5 nitrogen and oxygen atoms in total. The van der Waals surface area contributed by atoms with Gasteiger partial charge in [0.2, 0.25) is 0 Å². The smallest absolute Gasteiger partial charge is 0.167 e. The largest absolute Gasteiger partial charge is 0.456 e. The monoisotopic (exact) mass is 757 g/mol. The molecule has 0 saturated heterocycles. The molecule has 0 saturated carbocycles. The Morgan fingerprint density at radius 1 is 0.373 bits per heavy atom. The SMILES string of the molecule is CC1(C)c2ccccc2-c2cccc(-c3ccc4oc5cccc(-c6nc(-c7ccc(-c8ccccc8)cc7)nc(-c7cccc8c7oc7ccccc78)n6)c5c4c3)c21. The van der Waals surface area contributed by atoms with E-state index in [1.807, 2.05) is 48.5 Å². The summed E-state index contributed by atoms with van der Waals surface area (Å²) >= 11 is 0. The third-order valence-electron chi connectivity index (χ3n) is 12.2. The lowest BCUT2D eigenvalue weighted by Gasteiger charge is -2.24. The van der Waals surface area contributed by atoms with Crippen molar-refractivity contribution in [2.24, 2.45) is 0 Å². The summed E-state index contributed by atoms with van der Waals surface area (Å²) in [7, 11) is 0. The number of benzene rings is 8. The summed E-state index contributed by atoms with van der Waals surface area (Å²) in [5.74, 6) is 1.67. The van der Waals surface area contributed by atoms with Gasteiger partial charge in [-0.3, -0.25) is 0 Å². The third kappa shape index (κ3) is 5.14. The molecule has 0 spiro atoms. The fraction of sp³-hybridized carbons (Fsp3) is 0.0556. The summed E-state index contributed by atoms with van der Waals surface area (Å²) < 4.78 is 13.1. The molecule has 1 aliphatic rings. The van der Waals surface area contributed by atoms with Crippen molar-refractivity contribution in [2.45, 2.75) is 19.3 Å². The van der Waals surface area contributed by atoms with Crippen molar-refractivity contribution in [3.63, 3.8) is 0 Å². The Kier molecular flexibility index (Phi) is 7.20. The highest BCUT2D eigenvalue weighted by atomic mass is 16.3. The van der Waals surface area contributed by atoms with E-state index in [9.17, 15) is 0 Å². The zero-order chi connectivity index (χ0) is 39.2. The van der Waals surface area contributed by atoms with Gasteiger partial charge in [-0.05, 0) is 74.8 Å². The lowest BCUT2D eigenvalue weighted by molar-refractivity contribution is 0.662. The van der Waals surface area contributed by atoms with Gasteiger partial charge in [-0.2, -0.15) is 0 Å². The maximum Gasteiger partial charge on any atom is 0.167 e. The van der Waals surface area contributed by atoms with Crippen molar-refractivity contribution < 1.29 is 8.83 Å². The van der Waals surface area contributed by atoms with Gasteiger partial charge in [0.1, 0.15) is 22.3 Å². The number of hydrogen-bond donors (Lipinski definition) is 0. The van der Waals surface area contributed by atoms with E-state index >= 15 is 0 Å². The highest BCUT2D eigenvalue weighted by Gasteiger charge is 2.37. The topological polar surface area (TPSA) is 65.0 Å². The van der Waals surface area contributed by atoms with Gasteiger partial charge < -0.3 is 8.83 Å². The van der Waals surface area contributed by atoms with Crippen molar-refractivity contribution in [3.8, 4) is 67.5 Å². The van der Waals surface area contributed by atoms with Crippen molar-refractivity contribution in [3.05, 3.63) is 187 Å². The van der Waals surface area contributed by atoms with Crippen LogP contribution in [0.15, 0.2) is 185 Å². The first-order chi connectivity index (χ1) is 29.0. The van der Waals surface area contributed by atoms with Crippen LogP contribution < -0.4 is 0 Å². The van der Waals surface area contributed by atoms with Gasteiger partial charge in [0.15, 0.2) is 17.5 Å². The number of nitrogens with zero attached hydrogens (tertiary/aromatic N) is 3. The Hall–Kier alpha value is -7.63. The predicted octanol–water partition coefficient (Wildman–Crippen LogP) is 14.3. The lowest BCUT2D eigenvalue weighted by Crippen LogP contribution is -2.16. The van der Waals surface area contributed by atoms with E-state index in [0.717, 1.165) is 77.3 Å². The molecule has 278 valence electrons. The van der Waals surface area contributed by atoms with E-state index in [1.54, 1.807) is 0 Å². The number of para-hydroxylation sites is 2. The highest BCUT2D eigenvalue weighted by molar-refractivity contribution is 6.13. The zero-order valence-electron chi connectivity index (χ0n) is 32.4. The average Bonchev–Trinajstić information content (AvgIpc) is 3.94. The summed E-state index contributed by atoms with van der Waals surface area (Å²) in [5, 5.41) is 4.04. The number of aromatic nitrogens is 3. The van der Waals surface area contributed by atoms with E-state index in [2.05, 4.69) is 141 Å². The quantitative estimate of drug-likeness (QED) is 0.175. The molecule has 3 heterocycles. The molecular formula is C54H35N3O2. The fourth-order valence-electron chi connectivity index (χ4n) is 9.38. The van der Waals surface area contributed by atoms with Crippen LogP contribution in [0.4, 0.5) is 0 Å². The first-order valence-corrected chi connectivity index (χ1v) is 20.0. The minimum atomic E-state index is -0.152. The second kappa shape index (κ2) is 12.7.